The second kappa shape index (κ2) is 6.95. The second-order valence-corrected chi connectivity index (χ2v) is 5.17. The molecule has 1 aliphatic heterocycles. The molecular weight excluding hydrogens is 278 g/mol. The van der Waals surface area contributed by atoms with Crippen LogP contribution in [0, 0.1) is 11.6 Å². The van der Waals surface area contributed by atoms with Crippen LogP contribution in [0.3, 0.4) is 0 Å². The molecule has 1 unspecified atom stereocenters. The van der Waals surface area contributed by atoms with E-state index in [1.165, 1.54) is 17.0 Å². The Balaban J connectivity index is 2.02. The van der Waals surface area contributed by atoms with Gasteiger partial charge in [-0.1, -0.05) is 13.0 Å². The fourth-order valence-corrected chi connectivity index (χ4v) is 2.63. The van der Waals surface area contributed by atoms with Gasteiger partial charge in [-0.05, 0) is 18.6 Å². The largest absolute Gasteiger partial charge is 0.395 e. The first-order chi connectivity index (χ1) is 10.1. The Bertz CT molecular complexity index is 498. The Labute approximate surface area is 123 Å². The number of aliphatic hydroxyl groups is 1. The minimum Gasteiger partial charge on any atom is -0.395 e. The van der Waals surface area contributed by atoms with Gasteiger partial charge in [0.15, 0.2) is 11.6 Å². The molecule has 6 heteroatoms. The van der Waals surface area contributed by atoms with Gasteiger partial charge < -0.3 is 10.0 Å². The minimum absolute atomic E-state index is 0.0863. The summed E-state index contributed by atoms with van der Waals surface area (Å²) in [5.74, 6) is -2.58. The zero-order valence-electron chi connectivity index (χ0n) is 12.1. The topological polar surface area (TPSA) is 43.8 Å². The molecule has 0 spiro atoms. The summed E-state index contributed by atoms with van der Waals surface area (Å²) in [6.07, 6.45) is 0.836. The van der Waals surface area contributed by atoms with Gasteiger partial charge in [0.2, 0.25) is 0 Å². The maximum absolute atomic E-state index is 13.7. The molecule has 4 nitrogen and oxygen atoms in total. The molecule has 1 atom stereocenters. The maximum Gasteiger partial charge on any atom is 0.257 e. The van der Waals surface area contributed by atoms with E-state index in [1.807, 2.05) is 6.92 Å². The highest BCUT2D eigenvalue weighted by Gasteiger charge is 2.27. The number of aliphatic hydroxyl groups excluding tert-OH is 1. The number of amides is 1. The van der Waals surface area contributed by atoms with Crippen molar-refractivity contribution in [1.82, 2.24) is 9.80 Å². The lowest BCUT2D eigenvalue weighted by atomic mass is 10.1. The molecule has 1 amide bonds. The number of hydrogen-bond acceptors (Lipinski definition) is 3. The Kier molecular flexibility index (Phi) is 5.25. The van der Waals surface area contributed by atoms with Gasteiger partial charge in [0.25, 0.3) is 5.91 Å². The first kappa shape index (κ1) is 15.9. The first-order valence-corrected chi connectivity index (χ1v) is 7.16. The van der Waals surface area contributed by atoms with Crippen LogP contribution < -0.4 is 0 Å². The molecular formula is C15H20F2N2O2. The number of carbonyl (C=O) groups excluding carboxylic acids is 1. The normalized spacial score (nSPS) is 17.8. The van der Waals surface area contributed by atoms with Gasteiger partial charge >= 0.3 is 0 Å². The molecule has 0 saturated carbocycles. The molecule has 0 aromatic heterocycles. The Morgan fingerprint density at radius 2 is 1.95 bits per heavy atom. The van der Waals surface area contributed by atoms with Crippen molar-refractivity contribution in [3.05, 3.63) is 35.4 Å². The molecule has 1 N–H and O–H groups in total. The maximum atomic E-state index is 13.7. The molecule has 0 aliphatic carbocycles. The highest BCUT2D eigenvalue weighted by atomic mass is 19.2. The SMILES string of the molecule is CCC(CO)N1CCN(C(=O)c2cccc(F)c2F)CC1. The molecule has 116 valence electrons. The molecule has 1 heterocycles. The van der Waals surface area contributed by atoms with E-state index in [2.05, 4.69) is 4.90 Å². The van der Waals surface area contributed by atoms with Crippen molar-refractivity contribution in [2.75, 3.05) is 32.8 Å². The summed E-state index contributed by atoms with van der Waals surface area (Å²) in [5, 5.41) is 9.28. The highest BCUT2D eigenvalue weighted by molar-refractivity contribution is 5.94. The lowest BCUT2D eigenvalue weighted by Crippen LogP contribution is -2.52. The third kappa shape index (κ3) is 3.39. The van der Waals surface area contributed by atoms with Crippen LogP contribution in [-0.4, -0.2) is 59.6 Å². The molecule has 0 radical (unpaired) electrons. The van der Waals surface area contributed by atoms with Crippen LogP contribution in [0.5, 0.6) is 0 Å². The van der Waals surface area contributed by atoms with Crippen molar-refractivity contribution in [3.63, 3.8) is 0 Å². The van der Waals surface area contributed by atoms with E-state index in [0.29, 0.717) is 26.2 Å². The van der Waals surface area contributed by atoms with Crippen LogP contribution in [0.2, 0.25) is 0 Å². The van der Waals surface area contributed by atoms with Gasteiger partial charge in [-0.2, -0.15) is 0 Å². The summed E-state index contributed by atoms with van der Waals surface area (Å²) in [7, 11) is 0. The number of hydrogen-bond donors (Lipinski definition) is 1. The smallest absolute Gasteiger partial charge is 0.257 e. The molecule has 1 aromatic carbocycles. The summed E-state index contributed by atoms with van der Waals surface area (Å²) >= 11 is 0. The number of nitrogens with zero attached hydrogens (tertiary/aromatic N) is 2. The number of carbonyl (C=O) groups is 1. The lowest BCUT2D eigenvalue weighted by Gasteiger charge is -2.38. The van der Waals surface area contributed by atoms with E-state index in [9.17, 15) is 18.7 Å². The fraction of sp³-hybridized carbons (Fsp3) is 0.533. The summed E-state index contributed by atoms with van der Waals surface area (Å²) in [5.41, 5.74) is -0.224. The first-order valence-electron chi connectivity index (χ1n) is 7.16. The van der Waals surface area contributed by atoms with E-state index in [1.54, 1.807) is 0 Å². The standard InChI is InChI=1S/C15H20F2N2O2/c1-2-11(10-20)18-6-8-19(9-7-18)15(21)12-4-3-5-13(16)14(12)17/h3-5,11,20H,2,6-10H2,1H3. The monoisotopic (exact) mass is 298 g/mol. The van der Waals surface area contributed by atoms with Crippen molar-refractivity contribution in [1.29, 1.82) is 0 Å². The predicted octanol–water partition coefficient (Wildman–Crippen LogP) is 1.49. The van der Waals surface area contributed by atoms with Gasteiger partial charge in [0, 0.05) is 32.2 Å². The minimum atomic E-state index is -1.09. The van der Waals surface area contributed by atoms with E-state index < -0.39 is 17.5 Å². The summed E-state index contributed by atoms with van der Waals surface area (Å²) in [4.78, 5) is 15.9. The lowest BCUT2D eigenvalue weighted by molar-refractivity contribution is 0.0468. The van der Waals surface area contributed by atoms with E-state index in [4.69, 9.17) is 0 Å². The Morgan fingerprint density at radius 3 is 2.52 bits per heavy atom. The molecule has 21 heavy (non-hydrogen) atoms. The molecule has 2 rings (SSSR count). The van der Waals surface area contributed by atoms with Gasteiger partial charge in [-0.25, -0.2) is 8.78 Å². The zero-order chi connectivity index (χ0) is 15.4. The van der Waals surface area contributed by atoms with Crippen LogP contribution in [0.25, 0.3) is 0 Å². The fourth-order valence-electron chi connectivity index (χ4n) is 2.63. The van der Waals surface area contributed by atoms with Crippen LogP contribution >= 0.6 is 0 Å². The van der Waals surface area contributed by atoms with Gasteiger partial charge in [-0.3, -0.25) is 9.69 Å². The van der Waals surface area contributed by atoms with Gasteiger partial charge in [-0.15, -0.1) is 0 Å². The number of piperazine rings is 1. The van der Waals surface area contributed by atoms with Crippen LogP contribution in [0.15, 0.2) is 18.2 Å². The van der Waals surface area contributed by atoms with Crippen LogP contribution in [0.1, 0.15) is 23.7 Å². The van der Waals surface area contributed by atoms with Crippen LogP contribution in [-0.2, 0) is 0 Å². The number of halogens is 2. The Morgan fingerprint density at radius 1 is 1.29 bits per heavy atom. The molecule has 1 aromatic rings. The van der Waals surface area contributed by atoms with Crippen molar-refractivity contribution in [2.24, 2.45) is 0 Å². The third-order valence-electron chi connectivity index (χ3n) is 3.98. The van der Waals surface area contributed by atoms with Crippen molar-refractivity contribution in [2.45, 2.75) is 19.4 Å². The van der Waals surface area contributed by atoms with Crippen molar-refractivity contribution < 1.29 is 18.7 Å². The number of benzene rings is 1. The molecule has 1 saturated heterocycles. The second-order valence-electron chi connectivity index (χ2n) is 5.17. The summed E-state index contributed by atoms with van der Waals surface area (Å²) < 4.78 is 26.8. The number of rotatable bonds is 4. The third-order valence-corrected chi connectivity index (χ3v) is 3.98. The Hall–Kier alpha value is -1.53. The van der Waals surface area contributed by atoms with Crippen molar-refractivity contribution >= 4 is 5.91 Å². The zero-order valence-corrected chi connectivity index (χ0v) is 12.1. The average molecular weight is 298 g/mol. The highest BCUT2D eigenvalue weighted by Crippen LogP contribution is 2.16. The molecule has 0 bridgehead atoms. The van der Waals surface area contributed by atoms with E-state index >= 15 is 0 Å². The van der Waals surface area contributed by atoms with Gasteiger partial charge in [0.05, 0.1) is 12.2 Å². The van der Waals surface area contributed by atoms with Crippen LogP contribution in [0.4, 0.5) is 8.78 Å². The summed E-state index contributed by atoms with van der Waals surface area (Å²) in [6, 6.07) is 3.72. The van der Waals surface area contributed by atoms with Gasteiger partial charge in [0.1, 0.15) is 0 Å². The van der Waals surface area contributed by atoms with E-state index in [-0.39, 0.29) is 18.2 Å². The van der Waals surface area contributed by atoms with E-state index in [0.717, 1.165) is 12.5 Å². The predicted molar refractivity (Wildman–Crippen MR) is 75.0 cm³/mol. The van der Waals surface area contributed by atoms with Crippen molar-refractivity contribution in [3.8, 4) is 0 Å². The molecule has 1 fully saturated rings. The summed E-state index contributed by atoms with van der Waals surface area (Å²) in [6.45, 7) is 4.24. The quantitative estimate of drug-likeness (QED) is 0.916. The average Bonchev–Trinajstić information content (AvgIpc) is 2.51. The molecule has 1 aliphatic rings.